The molecule has 0 N–H and O–H groups in total. The van der Waals surface area contributed by atoms with Crippen molar-refractivity contribution in [2.24, 2.45) is 5.92 Å². The Morgan fingerprint density at radius 2 is 1.25 bits per heavy atom. The number of pyridine rings is 1. The Morgan fingerprint density at radius 1 is 0.600 bits per heavy atom. The maximum absolute atomic E-state index is 10.2. The highest BCUT2D eigenvalue weighted by atomic mass is 16.5. The van der Waals surface area contributed by atoms with E-state index in [1.165, 1.54) is 0 Å². The van der Waals surface area contributed by atoms with Crippen LogP contribution in [0.4, 0.5) is 22.7 Å². The molecule has 3 heterocycles. The first-order valence-electron chi connectivity index (χ1n) is 30.7. The minimum absolute atomic E-state index is 0.0777. The van der Waals surface area contributed by atoms with Gasteiger partial charge in [0, 0.05) is 48.7 Å². The number of para-hydroxylation sites is 4. The zero-order valence-corrected chi connectivity index (χ0v) is 44.3. The molecular weight excluding hydrogens is 913 g/mol. The van der Waals surface area contributed by atoms with Gasteiger partial charge in [-0.05, 0) is 140 Å². The molecule has 8 aromatic carbocycles. The van der Waals surface area contributed by atoms with Crippen LogP contribution in [0.15, 0.2) is 194 Å². The Kier molecular flexibility index (Phi) is 9.53. The second-order valence-corrected chi connectivity index (χ2v) is 22.9. The van der Waals surface area contributed by atoms with Crippen molar-refractivity contribution >= 4 is 44.6 Å². The number of aromatic nitrogens is 2. The van der Waals surface area contributed by atoms with E-state index in [0.717, 1.165) is 68.4 Å². The number of nitrogens with zero attached hydrogens (tertiary/aromatic N) is 4. The summed E-state index contributed by atoms with van der Waals surface area (Å²) in [6.45, 7) is 18.7. The lowest BCUT2D eigenvalue weighted by molar-refractivity contribution is 0.332. The molecule has 0 spiro atoms. The van der Waals surface area contributed by atoms with E-state index in [1.54, 1.807) is 18.3 Å². The van der Waals surface area contributed by atoms with Gasteiger partial charge in [0.2, 0.25) is 0 Å². The highest BCUT2D eigenvalue weighted by molar-refractivity contribution is 6.09. The van der Waals surface area contributed by atoms with Gasteiger partial charge in [-0.2, -0.15) is 0 Å². The third-order valence-corrected chi connectivity index (χ3v) is 15.2. The monoisotopic (exact) mass is 990 g/mol. The molecule has 12 rings (SSSR count). The molecule has 10 aromatic rings. The molecule has 2 aromatic heterocycles. The average Bonchev–Trinajstić information content (AvgIpc) is 1.12. The average molecular weight is 990 g/mol. The van der Waals surface area contributed by atoms with Crippen LogP contribution in [0.1, 0.15) is 110 Å². The Labute approximate surface area is 456 Å². The maximum Gasteiger partial charge on any atom is 0.137 e. The number of fused-ring (bicyclic) bond motifs is 5. The van der Waals surface area contributed by atoms with Crippen LogP contribution in [0.2, 0.25) is 0 Å². The molecule has 374 valence electrons. The number of benzene rings is 8. The second kappa shape index (κ2) is 18.5. The van der Waals surface area contributed by atoms with Gasteiger partial charge in [0.25, 0.3) is 0 Å². The van der Waals surface area contributed by atoms with Crippen LogP contribution in [-0.2, 0) is 22.6 Å². The van der Waals surface area contributed by atoms with E-state index in [1.807, 2.05) is 141 Å². The van der Waals surface area contributed by atoms with Gasteiger partial charge in [0.15, 0.2) is 0 Å². The van der Waals surface area contributed by atoms with Gasteiger partial charge in [-0.1, -0.05) is 183 Å². The smallest absolute Gasteiger partial charge is 0.137 e. The summed E-state index contributed by atoms with van der Waals surface area (Å²) in [5, 5.41) is 2.02. The first-order chi connectivity index (χ1) is 39.8. The lowest BCUT2D eigenvalue weighted by Crippen LogP contribution is -2.33. The van der Waals surface area contributed by atoms with Gasteiger partial charge in [-0.15, -0.1) is 0 Å². The third kappa shape index (κ3) is 8.86. The fraction of sp³-hybridized carbons (Fsp3) is 0.243. The molecule has 0 atom stereocenters. The fourth-order valence-corrected chi connectivity index (χ4v) is 11.1. The third-order valence-electron chi connectivity index (χ3n) is 15.2. The molecule has 5 heteroatoms. The van der Waals surface area contributed by atoms with Crippen LogP contribution in [0, 0.1) is 5.92 Å². The molecule has 0 radical (unpaired) electrons. The molecule has 0 saturated heterocycles. The van der Waals surface area contributed by atoms with Gasteiger partial charge in [-0.25, -0.2) is 4.98 Å². The summed E-state index contributed by atoms with van der Waals surface area (Å²) in [6, 6.07) is 46.0. The van der Waals surface area contributed by atoms with Crippen molar-refractivity contribution in [3.63, 3.8) is 0 Å². The molecular formula is C70H68N4O. The molecule has 5 nitrogen and oxygen atoms in total. The highest BCUT2D eigenvalue weighted by Gasteiger charge is 2.38. The van der Waals surface area contributed by atoms with Crippen molar-refractivity contribution < 1.29 is 17.1 Å². The molecule has 2 aliphatic rings. The quantitative estimate of drug-likeness (QED) is 0.137. The summed E-state index contributed by atoms with van der Waals surface area (Å²) in [4.78, 5) is 9.01. The number of rotatable bonds is 10. The lowest BCUT2D eigenvalue weighted by atomic mass is 9.63. The predicted molar refractivity (Wildman–Crippen MR) is 316 cm³/mol. The standard InChI is InChI=1S/C70H68N4O/c1-46(2)39-47-35-38-71-66(40-47)74-62-24-11-10-21-58(62)59-33-32-55(44-65(59)74)75-54-20-15-19-53(43-54)72-45-73(64-26-13-12-25-63(64)72)67-56(49-29-27-48(28-30-49)50-17-14-18-52(41-50)68(3,4)5)22-16-23-57(67)51-31-34-60-61(42-51)70(8,9)37-36-69(60,6)7/h10-35,38,40-44,46H,36-37,39,45H2,1-9H3/i27D,28D,29D,30D,31D,34D,39D2,42D. The molecule has 0 bridgehead atoms. The first kappa shape index (κ1) is 38.7. The molecule has 0 unspecified atom stereocenters. The number of hydrogen-bond acceptors (Lipinski definition) is 4. The SMILES string of the molecule is [2H]c1c([2H])c(-c2cccc(-c3c([2H])c([2H])c4c(c3[2H])C(C)(C)CCC4(C)C)c2N2CN(c3cccc(Oc4ccc5c6ccccc6n(-c6cc(C([2H])([2H])C(C)C)ccn6)c5c4)c3)c3ccccc32)c([2H])c([2H])c1-c1cccc(C(C)(C)C)c1. The zero-order chi connectivity index (χ0) is 59.7. The van der Waals surface area contributed by atoms with Crippen LogP contribution >= 0.6 is 0 Å². The van der Waals surface area contributed by atoms with Crippen LogP contribution < -0.4 is 14.5 Å². The predicted octanol–water partition coefficient (Wildman–Crippen LogP) is 19.1. The number of hydrogen-bond donors (Lipinski definition) is 0. The fourth-order valence-electron chi connectivity index (χ4n) is 11.1. The zero-order valence-electron chi connectivity index (χ0n) is 53.3. The van der Waals surface area contributed by atoms with Crippen molar-refractivity contribution in [1.82, 2.24) is 9.55 Å². The molecule has 75 heavy (non-hydrogen) atoms. The topological polar surface area (TPSA) is 33.5 Å². The molecule has 0 fully saturated rings. The van der Waals surface area contributed by atoms with E-state index >= 15 is 0 Å². The Hall–Kier alpha value is -7.89. The summed E-state index contributed by atoms with van der Waals surface area (Å²) in [6.07, 6.45) is 1.69. The van der Waals surface area contributed by atoms with Gasteiger partial charge in [-0.3, -0.25) is 4.57 Å². The van der Waals surface area contributed by atoms with Crippen molar-refractivity contribution in [3.8, 4) is 50.7 Å². The minimum atomic E-state index is -1.57. The normalized spacial score (nSPS) is 16.8. The summed E-state index contributed by atoms with van der Waals surface area (Å²) < 4.78 is 95.6. The van der Waals surface area contributed by atoms with Crippen molar-refractivity contribution in [1.29, 1.82) is 0 Å². The van der Waals surface area contributed by atoms with E-state index in [-0.39, 0.29) is 77.0 Å². The maximum atomic E-state index is 10.2. The molecule has 0 saturated carbocycles. The van der Waals surface area contributed by atoms with Crippen molar-refractivity contribution in [2.75, 3.05) is 16.5 Å². The highest BCUT2D eigenvalue weighted by Crippen LogP contribution is 2.53. The number of ether oxygens (including phenoxy) is 1. The van der Waals surface area contributed by atoms with Crippen LogP contribution in [0.5, 0.6) is 11.5 Å². The van der Waals surface area contributed by atoms with E-state index in [2.05, 4.69) is 68.9 Å². The Bertz CT molecular complexity index is 4300. The van der Waals surface area contributed by atoms with Gasteiger partial charge in [0.1, 0.15) is 24.0 Å². The van der Waals surface area contributed by atoms with Crippen LogP contribution in [0.25, 0.3) is 61.0 Å². The van der Waals surface area contributed by atoms with E-state index < -0.39 is 17.2 Å². The van der Waals surface area contributed by atoms with E-state index in [0.29, 0.717) is 45.3 Å². The number of anilines is 4. The summed E-state index contributed by atoms with van der Waals surface area (Å²) in [5.41, 5.74) is 8.52. The molecule has 1 aliphatic carbocycles. The van der Waals surface area contributed by atoms with Crippen molar-refractivity contribution in [3.05, 3.63) is 216 Å². The molecule has 0 amide bonds. The summed E-state index contributed by atoms with van der Waals surface area (Å²) in [7, 11) is 0. The first-order valence-corrected chi connectivity index (χ1v) is 26.2. The van der Waals surface area contributed by atoms with Gasteiger partial charge >= 0.3 is 0 Å². The van der Waals surface area contributed by atoms with Gasteiger partial charge in [0.05, 0.1) is 37.7 Å². The largest absolute Gasteiger partial charge is 0.457 e. The van der Waals surface area contributed by atoms with Crippen LogP contribution in [-0.4, -0.2) is 16.2 Å². The van der Waals surface area contributed by atoms with Gasteiger partial charge < -0.3 is 14.5 Å². The van der Waals surface area contributed by atoms with E-state index in [4.69, 9.17) is 12.5 Å². The second-order valence-electron chi connectivity index (χ2n) is 22.9. The molecule has 1 aliphatic heterocycles. The van der Waals surface area contributed by atoms with Crippen LogP contribution in [0.3, 0.4) is 0 Å². The Balaban J connectivity index is 1.01. The minimum Gasteiger partial charge on any atom is -0.457 e. The lowest BCUT2D eigenvalue weighted by Gasteiger charge is -2.42. The van der Waals surface area contributed by atoms with E-state index in [9.17, 15) is 9.60 Å². The summed E-state index contributed by atoms with van der Waals surface area (Å²) >= 11 is 0. The Morgan fingerprint density at radius 3 is 2.03 bits per heavy atom. The summed E-state index contributed by atoms with van der Waals surface area (Å²) in [5.74, 6) is 1.48. The van der Waals surface area contributed by atoms with Crippen molar-refractivity contribution in [2.45, 2.75) is 97.8 Å².